The molecule has 0 aliphatic rings. The smallest absolute Gasteiger partial charge is 0.221 e. The third-order valence-electron chi connectivity index (χ3n) is 1.87. The molecule has 0 atom stereocenters. The number of carbonyl (C=O) groups excluding carboxylic acids is 1. The van der Waals surface area contributed by atoms with Crippen LogP contribution in [0.4, 0.5) is 0 Å². The zero-order valence-corrected chi connectivity index (χ0v) is 10.0. The third kappa shape index (κ3) is 9.25. The Kier molecular flexibility index (Phi) is 7.68. The number of nitrogens with one attached hydrogen (secondary N) is 1. The van der Waals surface area contributed by atoms with Crippen molar-refractivity contribution in [3.05, 3.63) is 0 Å². The van der Waals surface area contributed by atoms with Gasteiger partial charge in [0.05, 0.1) is 5.84 Å². The Morgan fingerprint density at radius 3 is 2.60 bits per heavy atom. The average molecular weight is 213 g/mol. The first-order valence-corrected chi connectivity index (χ1v) is 5.61. The van der Waals surface area contributed by atoms with Gasteiger partial charge in [0, 0.05) is 25.9 Å². The Morgan fingerprint density at radius 2 is 2.07 bits per heavy atom. The Bertz CT molecular complexity index is 212. The van der Waals surface area contributed by atoms with Crippen LogP contribution in [0.25, 0.3) is 0 Å². The molecule has 0 bridgehead atoms. The lowest BCUT2D eigenvalue weighted by Gasteiger charge is -2.06. The van der Waals surface area contributed by atoms with E-state index in [2.05, 4.69) is 31.1 Å². The van der Waals surface area contributed by atoms with Crippen LogP contribution in [0.3, 0.4) is 0 Å². The molecule has 0 aromatic heterocycles. The van der Waals surface area contributed by atoms with Crippen molar-refractivity contribution in [2.24, 2.45) is 16.6 Å². The molecule has 0 saturated heterocycles. The number of hydrogen-bond donors (Lipinski definition) is 2. The largest absolute Gasteiger partial charge is 0.387 e. The monoisotopic (exact) mass is 213 g/mol. The van der Waals surface area contributed by atoms with Crippen LogP contribution in [0.5, 0.6) is 0 Å². The van der Waals surface area contributed by atoms with Crippen LogP contribution in [-0.2, 0) is 4.79 Å². The van der Waals surface area contributed by atoms with Crippen LogP contribution in [0.1, 0.15) is 40.0 Å². The summed E-state index contributed by atoms with van der Waals surface area (Å²) in [6, 6.07) is 0. The van der Waals surface area contributed by atoms with Crippen molar-refractivity contribution in [2.75, 3.05) is 13.1 Å². The number of aliphatic imine (C=N–C) groups is 1. The van der Waals surface area contributed by atoms with E-state index in [1.807, 2.05) is 0 Å². The molecule has 0 spiro atoms. The van der Waals surface area contributed by atoms with E-state index < -0.39 is 0 Å². The first kappa shape index (κ1) is 13.9. The quantitative estimate of drug-likeness (QED) is 0.494. The SMILES string of the molecule is CCCC(N)=NCCC(=O)NCC(C)C. The second-order valence-electron chi connectivity index (χ2n) is 4.07. The molecule has 4 heteroatoms. The van der Waals surface area contributed by atoms with Crippen molar-refractivity contribution in [3.8, 4) is 0 Å². The average Bonchev–Trinajstić information content (AvgIpc) is 2.15. The molecule has 88 valence electrons. The lowest BCUT2D eigenvalue weighted by molar-refractivity contribution is -0.121. The molecule has 0 fully saturated rings. The Labute approximate surface area is 92.3 Å². The summed E-state index contributed by atoms with van der Waals surface area (Å²) in [6.07, 6.45) is 2.24. The molecular weight excluding hydrogens is 190 g/mol. The minimum atomic E-state index is 0.0525. The van der Waals surface area contributed by atoms with Gasteiger partial charge in [-0.2, -0.15) is 0 Å². The van der Waals surface area contributed by atoms with Crippen molar-refractivity contribution >= 4 is 11.7 Å². The van der Waals surface area contributed by atoms with Gasteiger partial charge in [-0.05, 0) is 12.3 Å². The van der Waals surface area contributed by atoms with Crippen LogP contribution in [0.15, 0.2) is 4.99 Å². The standard InChI is InChI=1S/C11H23N3O/c1-4-5-10(12)13-7-6-11(15)14-8-9(2)3/h9H,4-8H2,1-3H3,(H2,12,13)(H,14,15). The highest BCUT2D eigenvalue weighted by Crippen LogP contribution is 1.91. The van der Waals surface area contributed by atoms with E-state index in [1.165, 1.54) is 0 Å². The van der Waals surface area contributed by atoms with E-state index >= 15 is 0 Å². The molecular formula is C11H23N3O. The number of rotatable bonds is 7. The molecule has 0 aromatic rings. The van der Waals surface area contributed by atoms with Gasteiger partial charge in [-0.15, -0.1) is 0 Å². The Balaban J connectivity index is 3.58. The maximum Gasteiger partial charge on any atom is 0.221 e. The van der Waals surface area contributed by atoms with Crippen molar-refractivity contribution in [1.82, 2.24) is 5.32 Å². The van der Waals surface area contributed by atoms with Crippen LogP contribution in [0.2, 0.25) is 0 Å². The third-order valence-corrected chi connectivity index (χ3v) is 1.87. The van der Waals surface area contributed by atoms with Gasteiger partial charge in [-0.1, -0.05) is 20.8 Å². The first-order valence-electron chi connectivity index (χ1n) is 5.61. The molecule has 0 heterocycles. The lowest BCUT2D eigenvalue weighted by atomic mass is 10.2. The van der Waals surface area contributed by atoms with Crippen LogP contribution in [0, 0.1) is 5.92 Å². The van der Waals surface area contributed by atoms with E-state index in [-0.39, 0.29) is 5.91 Å². The summed E-state index contributed by atoms with van der Waals surface area (Å²) in [5, 5.41) is 2.84. The fourth-order valence-electron chi connectivity index (χ4n) is 1.04. The molecule has 0 rings (SSSR count). The summed E-state index contributed by atoms with van der Waals surface area (Å²) < 4.78 is 0. The fourth-order valence-corrected chi connectivity index (χ4v) is 1.04. The topological polar surface area (TPSA) is 67.5 Å². The van der Waals surface area contributed by atoms with Gasteiger partial charge >= 0.3 is 0 Å². The molecule has 0 aromatic carbocycles. The van der Waals surface area contributed by atoms with Gasteiger partial charge in [-0.25, -0.2) is 0 Å². The predicted octanol–water partition coefficient (Wildman–Crippen LogP) is 1.31. The number of hydrogen-bond acceptors (Lipinski definition) is 2. The second kappa shape index (κ2) is 8.26. The summed E-state index contributed by atoms with van der Waals surface area (Å²) in [4.78, 5) is 15.4. The summed E-state index contributed by atoms with van der Waals surface area (Å²) in [7, 11) is 0. The highest BCUT2D eigenvalue weighted by atomic mass is 16.1. The van der Waals surface area contributed by atoms with E-state index in [1.54, 1.807) is 0 Å². The van der Waals surface area contributed by atoms with E-state index in [4.69, 9.17) is 5.73 Å². The summed E-state index contributed by atoms with van der Waals surface area (Å²) in [5.41, 5.74) is 5.61. The predicted molar refractivity (Wildman–Crippen MR) is 63.9 cm³/mol. The number of nitrogens with two attached hydrogens (primary N) is 1. The van der Waals surface area contributed by atoms with Crippen molar-refractivity contribution < 1.29 is 4.79 Å². The maximum absolute atomic E-state index is 11.3. The summed E-state index contributed by atoms with van der Waals surface area (Å²) in [6.45, 7) is 7.41. The van der Waals surface area contributed by atoms with Gasteiger partial charge in [0.25, 0.3) is 0 Å². The lowest BCUT2D eigenvalue weighted by Crippen LogP contribution is -2.27. The van der Waals surface area contributed by atoms with E-state index in [0.717, 1.165) is 19.4 Å². The Morgan fingerprint density at radius 1 is 1.40 bits per heavy atom. The Hall–Kier alpha value is -1.06. The maximum atomic E-state index is 11.3. The number of nitrogens with zero attached hydrogens (tertiary/aromatic N) is 1. The van der Waals surface area contributed by atoms with Crippen molar-refractivity contribution in [2.45, 2.75) is 40.0 Å². The van der Waals surface area contributed by atoms with Crippen LogP contribution in [-0.4, -0.2) is 24.8 Å². The molecule has 15 heavy (non-hydrogen) atoms. The molecule has 3 N–H and O–H groups in total. The van der Waals surface area contributed by atoms with Crippen molar-refractivity contribution in [3.63, 3.8) is 0 Å². The molecule has 0 radical (unpaired) electrons. The van der Waals surface area contributed by atoms with Crippen LogP contribution >= 0.6 is 0 Å². The molecule has 1 amide bonds. The highest BCUT2D eigenvalue weighted by Gasteiger charge is 2.01. The molecule has 0 aliphatic heterocycles. The van der Waals surface area contributed by atoms with Gasteiger partial charge < -0.3 is 11.1 Å². The molecule has 0 aliphatic carbocycles. The van der Waals surface area contributed by atoms with Gasteiger partial charge in [0.15, 0.2) is 0 Å². The molecule has 0 unspecified atom stereocenters. The normalized spacial score (nSPS) is 11.9. The number of amides is 1. The first-order chi connectivity index (χ1) is 7.06. The van der Waals surface area contributed by atoms with Crippen LogP contribution < -0.4 is 11.1 Å². The summed E-state index contributed by atoms with van der Waals surface area (Å²) >= 11 is 0. The molecule has 0 saturated carbocycles. The second-order valence-corrected chi connectivity index (χ2v) is 4.07. The van der Waals surface area contributed by atoms with Gasteiger partial charge in [-0.3, -0.25) is 9.79 Å². The van der Waals surface area contributed by atoms with Gasteiger partial charge in [0.2, 0.25) is 5.91 Å². The minimum absolute atomic E-state index is 0.0525. The van der Waals surface area contributed by atoms with E-state index in [9.17, 15) is 4.79 Å². The minimum Gasteiger partial charge on any atom is -0.387 e. The zero-order chi connectivity index (χ0) is 11.7. The number of amidine groups is 1. The molecule has 4 nitrogen and oxygen atoms in total. The summed E-state index contributed by atoms with van der Waals surface area (Å²) in [5.74, 6) is 1.19. The number of carbonyl (C=O) groups is 1. The van der Waals surface area contributed by atoms with E-state index in [0.29, 0.717) is 24.7 Å². The van der Waals surface area contributed by atoms with Gasteiger partial charge in [0.1, 0.15) is 0 Å². The fraction of sp³-hybridized carbons (Fsp3) is 0.818. The van der Waals surface area contributed by atoms with Crippen molar-refractivity contribution in [1.29, 1.82) is 0 Å². The highest BCUT2D eigenvalue weighted by molar-refractivity contribution is 5.81. The zero-order valence-electron chi connectivity index (χ0n) is 10.0.